The van der Waals surface area contributed by atoms with Crippen LogP contribution in [-0.2, 0) is 0 Å². The lowest BCUT2D eigenvalue weighted by atomic mass is 10.2. The zero-order chi connectivity index (χ0) is 9.97. The van der Waals surface area contributed by atoms with Crippen LogP contribution in [0.25, 0.3) is 11.4 Å². The third kappa shape index (κ3) is 1.65. The molecule has 0 bridgehead atoms. The lowest BCUT2D eigenvalue weighted by Crippen LogP contribution is -1.93. The number of aromatic nitrogens is 3. The molecule has 1 aromatic carbocycles. The summed E-state index contributed by atoms with van der Waals surface area (Å²) in [5.74, 6) is 1.10. The SMILES string of the molecule is C[C@H](O)c1nc(-c2ccccc2)n[nH]1. The van der Waals surface area contributed by atoms with Crippen molar-refractivity contribution in [2.45, 2.75) is 13.0 Å². The van der Waals surface area contributed by atoms with Crippen molar-refractivity contribution in [3.8, 4) is 11.4 Å². The number of nitrogens with zero attached hydrogens (tertiary/aromatic N) is 2. The number of aliphatic hydroxyl groups is 1. The molecule has 1 aromatic heterocycles. The maximum atomic E-state index is 9.25. The van der Waals surface area contributed by atoms with Crippen molar-refractivity contribution in [3.05, 3.63) is 36.2 Å². The van der Waals surface area contributed by atoms with Gasteiger partial charge in [0.25, 0.3) is 0 Å². The number of aliphatic hydroxyl groups excluding tert-OH is 1. The average molecular weight is 189 g/mol. The van der Waals surface area contributed by atoms with Crippen LogP contribution < -0.4 is 0 Å². The minimum atomic E-state index is -0.611. The van der Waals surface area contributed by atoms with Crippen molar-refractivity contribution in [1.29, 1.82) is 0 Å². The van der Waals surface area contributed by atoms with Crippen molar-refractivity contribution >= 4 is 0 Å². The highest BCUT2D eigenvalue weighted by atomic mass is 16.3. The summed E-state index contributed by atoms with van der Waals surface area (Å²) in [5.41, 5.74) is 0.940. The molecule has 2 aromatic rings. The largest absolute Gasteiger partial charge is 0.385 e. The number of hydrogen-bond acceptors (Lipinski definition) is 3. The molecule has 0 aliphatic rings. The molecule has 2 N–H and O–H groups in total. The smallest absolute Gasteiger partial charge is 0.181 e. The molecule has 4 heteroatoms. The van der Waals surface area contributed by atoms with Crippen LogP contribution in [0.4, 0.5) is 0 Å². The Labute approximate surface area is 81.6 Å². The zero-order valence-electron chi connectivity index (χ0n) is 7.81. The maximum Gasteiger partial charge on any atom is 0.181 e. The predicted molar refractivity (Wildman–Crippen MR) is 52.5 cm³/mol. The van der Waals surface area contributed by atoms with Crippen LogP contribution in [0.3, 0.4) is 0 Å². The normalized spacial score (nSPS) is 12.7. The number of H-pyrrole nitrogens is 1. The highest BCUT2D eigenvalue weighted by molar-refractivity contribution is 5.53. The van der Waals surface area contributed by atoms with E-state index >= 15 is 0 Å². The van der Waals surface area contributed by atoms with Gasteiger partial charge in [-0.3, -0.25) is 5.10 Å². The van der Waals surface area contributed by atoms with Crippen LogP contribution in [0.5, 0.6) is 0 Å². The second-order valence-corrected chi connectivity index (χ2v) is 3.09. The van der Waals surface area contributed by atoms with E-state index in [0.29, 0.717) is 11.6 Å². The number of rotatable bonds is 2. The fourth-order valence-electron chi connectivity index (χ4n) is 1.18. The van der Waals surface area contributed by atoms with Gasteiger partial charge in [-0.05, 0) is 6.92 Å². The van der Waals surface area contributed by atoms with Gasteiger partial charge < -0.3 is 5.11 Å². The molecule has 0 spiro atoms. The van der Waals surface area contributed by atoms with Gasteiger partial charge in [0.2, 0.25) is 0 Å². The molecule has 0 fully saturated rings. The Balaban J connectivity index is 2.34. The first-order chi connectivity index (χ1) is 6.77. The summed E-state index contributed by atoms with van der Waals surface area (Å²) in [6.45, 7) is 1.65. The molecule has 0 aliphatic heterocycles. The van der Waals surface area contributed by atoms with E-state index in [2.05, 4.69) is 15.2 Å². The Morgan fingerprint density at radius 3 is 2.57 bits per heavy atom. The van der Waals surface area contributed by atoms with Crippen molar-refractivity contribution in [2.75, 3.05) is 0 Å². The summed E-state index contributed by atoms with van der Waals surface area (Å²) < 4.78 is 0. The first-order valence-electron chi connectivity index (χ1n) is 4.43. The molecular weight excluding hydrogens is 178 g/mol. The topological polar surface area (TPSA) is 61.8 Å². The summed E-state index contributed by atoms with van der Waals surface area (Å²) >= 11 is 0. The molecule has 4 nitrogen and oxygen atoms in total. The highest BCUT2D eigenvalue weighted by Crippen LogP contribution is 2.15. The quantitative estimate of drug-likeness (QED) is 0.753. The summed E-state index contributed by atoms with van der Waals surface area (Å²) in [7, 11) is 0. The Bertz CT molecular complexity index is 408. The summed E-state index contributed by atoms with van der Waals surface area (Å²) in [6, 6.07) is 9.64. The maximum absolute atomic E-state index is 9.25. The Kier molecular flexibility index (Phi) is 2.28. The van der Waals surface area contributed by atoms with E-state index in [-0.39, 0.29) is 0 Å². The van der Waals surface area contributed by atoms with E-state index in [1.165, 1.54) is 0 Å². The molecule has 1 atom stereocenters. The number of hydrogen-bond donors (Lipinski definition) is 2. The number of nitrogens with one attached hydrogen (secondary N) is 1. The molecule has 2 rings (SSSR count). The molecule has 72 valence electrons. The van der Waals surface area contributed by atoms with Crippen LogP contribution in [-0.4, -0.2) is 20.3 Å². The first-order valence-corrected chi connectivity index (χ1v) is 4.43. The van der Waals surface area contributed by atoms with Gasteiger partial charge in [0.05, 0.1) is 0 Å². The average Bonchev–Trinajstić information content (AvgIpc) is 2.68. The van der Waals surface area contributed by atoms with Gasteiger partial charge >= 0.3 is 0 Å². The Morgan fingerprint density at radius 1 is 1.29 bits per heavy atom. The predicted octanol–water partition coefficient (Wildman–Crippen LogP) is 1.52. The van der Waals surface area contributed by atoms with Gasteiger partial charge in [-0.25, -0.2) is 4.98 Å². The molecular formula is C10H11N3O. The fraction of sp³-hybridized carbons (Fsp3) is 0.200. The zero-order valence-corrected chi connectivity index (χ0v) is 7.81. The van der Waals surface area contributed by atoms with E-state index in [1.807, 2.05) is 30.3 Å². The van der Waals surface area contributed by atoms with Crippen molar-refractivity contribution < 1.29 is 5.11 Å². The van der Waals surface area contributed by atoms with E-state index in [0.717, 1.165) is 5.56 Å². The summed E-state index contributed by atoms with van der Waals surface area (Å²) in [6.07, 6.45) is -0.611. The number of benzene rings is 1. The molecule has 0 saturated heterocycles. The number of aromatic amines is 1. The summed E-state index contributed by atoms with van der Waals surface area (Å²) in [4.78, 5) is 4.16. The molecule has 0 saturated carbocycles. The molecule has 0 unspecified atom stereocenters. The third-order valence-corrected chi connectivity index (χ3v) is 1.93. The van der Waals surface area contributed by atoms with E-state index in [9.17, 15) is 5.11 Å². The van der Waals surface area contributed by atoms with Crippen LogP contribution in [0.2, 0.25) is 0 Å². The van der Waals surface area contributed by atoms with Gasteiger partial charge in [0, 0.05) is 5.56 Å². The first kappa shape index (κ1) is 8.90. The van der Waals surface area contributed by atoms with Crippen LogP contribution in [0.15, 0.2) is 30.3 Å². The minimum Gasteiger partial charge on any atom is -0.385 e. The minimum absolute atomic E-state index is 0.490. The van der Waals surface area contributed by atoms with E-state index in [4.69, 9.17) is 0 Å². The summed E-state index contributed by atoms with van der Waals surface area (Å²) in [5, 5.41) is 16.0. The molecule has 1 heterocycles. The van der Waals surface area contributed by atoms with E-state index < -0.39 is 6.10 Å². The molecule has 0 aliphatic carbocycles. The molecule has 0 amide bonds. The van der Waals surface area contributed by atoms with Crippen LogP contribution in [0, 0.1) is 0 Å². The van der Waals surface area contributed by atoms with Gasteiger partial charge in [-0.15, -0.1) is 0 Å². The monoisotopic (exact) mass is 189 g/mol. The van der Waals surface area contributed by atoms with Gasteiger partial charge in [-0.1, -0.05) is 30.3 Å². The third-order valence-electron chi connectivity index (χ3n) is 1.93. The lowest BCUT2D eigenvalue weighted by Gasteiger charge is -1.95. The highest BCUT2D eigenvalue weighted by Gasteiger charge is 2.08. The van der Waals surface area contributed by atoms with Gasteiger partial charge in [0.1, 0.15) is 6.10 Å². The molecule has 14 heavy (non-hydrogen) atoms. The van der Waals surface area contributed by atoms with Crippen molar-refractivity contribution in [3.63, 3.8) is 0 Å². The van der Waals surface area contributed by atoms with Crippen molar-refractivity contribution in [1.82, 2.24) is 15.2 Å². The molecule has 0 radical (unpaired) electrons. The van der Waals surface area contributed by atoms with Crippen LogP contribution in [0.1, 0.15) is 18.9 Å². The second-order valence-electron chi connectivity index (χ2n) is 3.09. The van der Waals surface area contributed by atoms with Gasteiger partial charge in [-0.2, -0.15) is 5.10 Å². The Hall–Kier alpha value is -1.68. The Morgan fingerprint density at radius 2 is 2.00 bits per heavy atom. The van der Waals surface area contributed by atoms with E-state index in [1.54, 1.807) is 6.92 Å². The van der Waals surface area contributed by atoms with Crippen LogP contribution >= 0.6 is 0 Å². The fourth-order valence-corrected chi connectivity index (χ4v) is 1.18. The lowest BCUT2D eigenvalue weighted by molar-refractivity contribution is 0.189. The van der Waals surface area contributed by atoms with Crippen molar-refractivity contribution in [2.24, 2.45) is 0 Å². The standard InChI is InChI=1S/C10H11N3O/c1-7(14)9-11-10(13-12-9)8-5-3-2-4-6-8/h2-7,14H,1H3,(H,11,12,13)/t7-/m0/s1. The second kappa shape index (κ2) is 3.59. The van der Waals surface area contributed by atoms with Gasteiger partial charge in [0.15, 0.2) is 11.6 Å².